The number of carbonyl (C=O) groups excluding carboxylic acids is 1. The number of aryl methyl sites for hydroxylation is 1. The van der Waals surface area contributed by atoms with Gasteiger partial charge in [0, 0.05) is 23.8 Å². The Labute approximate surface area is 93.5 Å². The summed E-state index contributed by atoms with van der Waals surface area (Å²) in [6, 6.07) is 2.70. The number of hydrogen-bond donors (Lipinski definition) is 0. The summed E-state index contributed by atoms with van der Waals surface area (Å²) in [6.45, 7) is 3.37. The number of halogens is 2. The minimum Gasteiger partial charge on any atom is -0.300 e. The van der Waals surface area contributed by atoms with Crippen LogP contribution in [-0.2, 0) is 10.2 Å². The van der Waals surface area contributed by atoms with Gasteiger partial charge in [-0.3, -0.25) is 4.79 Å². The van der Waals surface area contributed by atoms with Crippen LogP contribution in [0, 0.1) is 18.6 Å². The van der Waals surface area contributed by atoms with Crippen LogP contribution in [0.25, 0.3) is 0 Å². The van der Waals surface area contributed by atoms with Crippen molar-refractivity contribution in [2.45, 2.75) is 38.5 Å². The number of ketones is 1. The normalized spacial score (nSPS) is 25.1. The molecule has 1 aliphatic carbocycles. The van der Waals surface area contributed by atoms with E-state index >= 15 is 0 Å². The van der Waals surface area contributed by atoms with Crippen LogP contribution >= 0.6 is 0 Å². The lowest BCUT2D eigenvalue weighted by Crippen LogP contribution is -2.22. The lowest BCUT2D eigenvalue weighted by Gasteiger charge is -2.25. The molecule has 0 N–H and O–H groups in total. The first-order valence-electron chi connectivity index (χ1n) is 5.41. The predicted molar refractivity (Wildman–Crippen MR) is 57.3 cm³/mol. The van der Waals surface area contributed by atoms with Crippen LogP contribution < -0.4 is 0 Å². The molecule has 0 radical (unpaired) electrons. The Kier molecular flexibility index (Phi) is 2.56. The maximum atomic E-state index is 13.9. The van der Waals surface area contributed by atoms with Crippen molar-refractivity contribution >= 4 is 5.78 Å². The molecular weight excluding hydrogens is 210 g/mol. The second kappa shape index (κ2) is 3.65. The highest BCUT2D eigenvalue weighted by molar-refractivity contribution is 5.82. The molecule has 1 nitrogen and oxygen atoms in total. The van der Waals surface area contributed by atoms with Crippen LogP contribution in [0.4, 0.5) is 8.78 Å². The molecule has 16 heavy (non-hydrogen) atoms. The summed E-state index contributed by atoms with van der Waals surface area (Å²) in [5.74, 6) is -0.958. The fourth-order valence-electron chi connectivity index (χ4n) is 2.45. The van der Waals surface area contributed by atoms with Crippen molar-refractivity contribution in [3.8, 4) is 0 Å². The molecular formula is C13H14F2O. The van der Waals surface area contributed by atoms with Crippen LogP contribution in [0.15, 0.2) is 12.1 Å². The van der Waals surface area contributed by atoms with E-state index in [9.17, 15) is 13.6 Å². The summed E-state index contributed by atoms with van der Waals surface area (Å²) in [6.07, 6.45) is 1.19. The third kappa shape index (κ3) is 1.64. The van der Waals surface area contributed by atoms with Crippen molar-refractivity contribution in [1.29, 1.82) is 0 Å². The predicted octanol–water partition coefficient (Wildman–Crippen LogP) is 3.28. The quantitative estimate of drug-likeness (QED) is 0.715. The first-order chi connectivity index (χ1) is 7.44. The Hall–Kier alpha value is -1.25. The van der Waals surface area contributed by atoms with E-state index in [1.54, 1.807) is 13.8 Å². The van der Waals surface area contributed by atoms with Gasteiger partial charge in [0.15, 0.2) is 0 Å². The fourth-order valence-corrected chi connectivity index (χ4v) is 2.45. The Morgan fingerprint density at radius 2 is 2.00 bits per heavy atom. The summed E-state index contributed by atoms with van der Waals surface area (Å²) in [5.41, 5.74) is -0.160. The third-order valence-electron chi connectivity index (χ3n) is 3.43. The molecule has 1 unspecified atom stereocenters. The summed E-state index contributed by atoms with van der Waals surface area (Å²) >= 11 is 0. The molecule has 0 heterocycles. The van der Waals surface area contributed by atoms with Gasteiger partial charge < -0.3 is 0 Å². The molecule has 1 saturated carbocycles. The third-order valence-corrected chi connectivity index (χ3v) is 3.43. The number of hydrogen-bond acceptors (Lipinski definition) is 1. The van der Waals surface area contributed by atoms with Gasteiger partial charge in [-0.25, -0.2) is 8.78 Å². The Bertz CT molecular complexity index is 453. The van der Waals surface area contributed by atoms with Crippen LogP contribution in [0.1, 0.15) is 37.3 Å². The molecule has 0 aliphatic heterocycles. The zero-order chi connectivity index (χ0) is 11.9. The highest BCUT2D eigenvalue weighted by Crippen LogP contribution is 2.41. The van der Waals surface area contributed by atoms with Gasteiger partial charge in [0.05, 0.1) is 0 Å². The van der Waals surface area contributed by atoms with E-state index in [1.807, 2.05) is 0 Å². The minimum absolute atomic E-state index is 0.0818. The molecule has 0 aromatic heterocycles. The molecule has 0 amide bonds. The molecule has 1 aromatic rings. The standard InChI is InChI=1S/C13H14F2O/c1-8-3-4-10(14)11(12(8)15)13(2)6-5-9(16)7-13/h3-4H,5-7H2,1-2H3. The largest absolute Gasteiger partial charge is 0.300 e. The number of rotatable bonds is 1. The Morgan fingerprint density at radius 3 is 2.56 bits per heavy atom. The zero-order valence-electron chi connectivity index (χ0n) is 9.44. The van der Waals surface area contributed by atoms with Crippen molar-refractivity contribution in [2.24, 2.45) is 0 Å². The van der Waals surface area contributed by atoms with Gasteiger partial charge in [0.1, 0.15) is 17.4 Å². The maximum absolute atomic E-state index is 13.9. The van der Waals surface area contributed by atoms with Crippen LogP contribution in [0.3, 0.4) is 0 Å². The second-order valence-corrected chi connectivity index (χ2v) is 4.83. The Balaban J connectivity index is 2.55. The fraction of sp³-hybridized carbons (Fsp3) is 0.462. The minimum atomic E-state index is -0.669. The molecule has 1 fully saturated rings. The number of carbonyl (C=O) groups is 1. The van der Waals surface area contributed by atoms with Gasteiger partial charge in [-0.2, -0.15) is 0 Å². The van der Waals surface area contributed by atoms with Crippen molar-refractivity contribution < 1.29 is 13.6 Å². The molecule has 1 aliphatic rings. The molecule has 86 valence electrons. The van der Waals surface area contributed by atoms with E-state index in [-0.39, 0.29) is 17.8 Å². The van der Waals surface area contributed by atoms with Crippen molar-refractivity contribution in [2.75, 3.05) is 0 Å². The van der Waals surface area contributed by atoms with Gasteiger partial charge in [-0.05, 0) is 25.0 Å². The molecule has 2 rings (SSSR count). The summed E-state index contributed by atoms with van der Waals surface area (Å²) in [4.78, 5) is 11.3. The summed E-state index contributed by atoms with van der Waals surface area (Å²) in [7, 11) is 0. The van der Waals surface area contributed by atoms with Gasteiger partial charge in [0.25, 0.3) is 0 Å². The van der Waals surface area contributed by atoms with Gasteiger partial charge in [-0.15, -0.1) is 0 Å². The number of benzene rings is 1. The first-order valence-corrected chi connectivity index (χ1v) is 5.41. The molecule has 1 atom stereocenters. The molecule has 0 saturated heterocycles. The van der Waals surface area contributed by atoms with Crippen molar-refractivity contribution in [1.82, 2.24) is 0 Å². The van der Waals surface area contributed by atoms with E-state index in [0.717, 1.165) is 0 Å². The molecule has 0 bridgehead atoms. The number of Topliss-reactive ketones (excluding diaryl/α,β-unsaturated/α-hetero) is 1. The van der Waals surface area contributed by atoms with E-state index in [1.165, 1.54) is 12.1 Å². The van der Waals surface area contributed by atoms with E-state index in [4.69, 9.17) is 0 Å². The SMILES string of the molecule is Cc1ccc(F)c(C2(C)CCC(=O)C2)c1F. The van der Waals surface area contributed by atoms with Gasteiger partial charge in [-0.1, -0.05) is 13.0 Å². The average Bonchev–Trinajstić information content (AvgIpc) is 2.54. The molecule has 3 heteroatoms. The first kappa shape index (κ1) is 11.2. The highest BCUT2D eigenvalue weighted by Gasteiger charge is 2.39. The second-order valence-electron chi connectivity index (χ2n) is 4.83. The topological polar surface area (TPSA) is 17.1 Å². The molecule has 1 aromatic carbocycles. The van der Waals surface area contributed by atoms with Crippen LogP contribution in [-0.4, -0.2) is 5.78 Å². The van der Waals surface area contributed by atoms with Crippen LogP contribution in [0.2, 0.25) is 0 Å². The maximum Gasteiger partial charge on any atom is 0.133 e. The smallest absolute Gasteiger partial charge is 0.133 e. The summed E-state index contributed by atoms with van der Waals surface area (Å²) < 4.78 is 27.6. The van der Waals surface area contributed by atoms with Crippen molar-refractivity contribution in [3.63, 3.8) is 0 Å². The summed E-state index contributed by atoms with van der Waals surface area (Å²) in [5, 5.41) is 0. The Morgan fingerprint density at radius 1 is 1.31 bits per heavy atom. The zero-order valence-corrected chi connectivity index (χ0v) is 9.44. The van der Waals surface area contributed by atoms with E-state index in [2.05, 4.69) is 0 Å². The highest BCUT2D eigenvalue weighted by atomic mass is 19.1. The lowest BCUT2D eigenvalue weighted by atomic mass is 9.79. The van der Waals surface area contributed by atoms with Gasteiger partial charge in [0.2, 0.25) is 0 Å². The van der Waals surface area contributed by atoms with E-state index in [0.29, 0.717) is 18.4 Å². The monoisotopic (exact) mass is 224 g/mol. The average molecular weight is 224 g/mol. The van der Waals surface area contributed by atoms with E-state index < -0.39 is 17.0 Å². The van der Waals surface area contributed by atoms with Gasteiger partial charge >= 0.3 is 0 Å². The molecule has 0 spiro atoms. The van der Waals surface area contributed by atoms with Crippen molar-refractivity contribution in [3.05, 3.63) is 34.9 Å². The van der Waals surface area contributed by atoms with Crippen LogP contribution in [0.5, 0.6) is 0 Å². The lowest BCUT2D eigenvalue weighted by molar-refractivity contribution is -0.117.